The van der Waals surface area contributed by atoms with Crippen molar-refractivity contribution in [2.45, 2.75) is 5.33 Å². The van der Waals surface area contributed by atoms with Gasteiger partial charge in [0.05, 0.1) is 12.7 Å². The lowest BCUT2D eigenvalue weighted by Crippen LogP contribution is -2.06. The van der Waals surface area contributed by atoms with E-state index < -0.39 is 23.2 Å². The van der Waals surface area contributed by atoms with Gasteiger partial charge < -0.3 is 4.74 Å². The molecule has 76 valence electrons. The summed E-state index contributed by atoms with van der Waals surface area (Å²) < 4.78 is 30.6. The number of carbonyl (C=O) groups excluding carboxylic acids is 1. The predicted molar refractivity (Wildman–Crippen MR) is 50.3 cm³/mol. The molecule has 0 saturated carbocycles. The average Bonchev–Trinajstić information content (AvgIpc) is 2.19. The Morgan fingerprint density at radius 2 is 2.07 bits per heavy atom. The minimum absolute atomic E-state index is 0.162. The third-order valence-electron chi connectivity index (χ3n) is 1.69. The molecule has 0 heterocycles. The van der Waals surface area contributed by atoms with Crippen LogP contribution in [0.4, 0.5) is 8.78 Å². The molecule has 0 radical (unpaired) electrons. The molecule has 5 heteroatoms. The first kappa shape index (κ1) is 11.1. The van der Waals surface area contributed by atoms with Crippen LogP contribution >= 0.6 is 15.9 Å². The molecule has 0 bridgehead atoms. The van der Waals surface area contributed by atoms with E-state index in [1.807, 2.05) is 0 Å². The molecule has 1 aromatic carbocycles. The van der Waals surface area contributed by atoms with Crippen molar-refractivity contribution in [1.82, 2.24) is 0 Å². The number of alkyl halides is 1. The van der Waals surface area contributed by atoms with Crippen molar-refractivity contribution in [3.05, 3.63) is 34.9 Å². The monoisotopic (exact) mass is 264 g/mol. The molecule has 0 N–H and O–H groups in total. The van der Waals surface area contributed by atoms with Crippen LogP contribution in [0.3, 0.4) is 0 Å². The van der Waals surface area contributed by atoms with E-state index in [-0.39, 0.29) is 10.9 Å². The fourth-order valence-corrected chi connectivity index (χ4v) is 1.39. The van der Waals surface area contributed by atoms with Gasteiger partial charge in [-0.2, -0.15) is 0 Å². The van der Waals surface area contributed by atoms with Crippen LogP contribution in [0.1, 0.15) is 15.9 Å². The fourth-order valence-electron chi connectivity index (χ4n) is 0.957. The molecule has 0 aliphatic rings. The van der Waals surface area contributed by atoms with E-state index in [1.54, 1.807) is 0 Å². The van der Waals surface area contributed by atoms with Crippen LogP contribution in [0.25, 0.3) is 0 Å². The molecule has 1 aromatic rings. The van der Waals surface area contributed by atoms with E-state index in [2.05, 4.69) is 20.7 Å². The summed E-state index contributed by atoms with van der Waals surface area (Å²) in [6.45, 7) is 0. The van der Waals surface area contributed by atoms with Crippen LogP contribution < -0.4 is 0 Å². The second-order valence-corrected chi connectivity index (χ2v) is 3.11. The first-order chi connectivity index (χ1) is 6.60. The Kier molecular flexibility index (Phi) is 3.57. The Morgan fingerprint density at radius 1 is 1.43 bits per heavy atom. The zero-order valence-electron chi connectivity index (χ0n) is 7.31. The Labute approximate surface area is 88.0 Å². The molecule has 0 aliphatic heterocycles. The lowest BCUT2D eigenvalue weighted by atomic mass is 10.1. The minimum atomic E-state index is -0.887. The lowest BCUT2D eigenvalue weighted by Gasteiger charge is -2.04. The molecule has 0 spiro atoms. The maximum Gasteiger partial charge on any atom is 0.340 e. The van der Waals surface area contributed by atoms with Crippen LogP contribution in [0.15, 0.2) is 12.1 Å². The van der Waals surface area contributed by atoms with Crippen molar-refractivity contribution in [2.24, 2.45) is 0 Å². The summed E-state index contributed by atoms with van der Waals surface area (Å²) in [5.41, 5.74) is -0.232. The molecule has 0 fully saturated rings. The standard InChI is InChI=1S/C9H7BrF2O2/c1-14-9(13)6-3-7(11)5(4-10)2-8(6)12/h2-3H,4H2,1H3. The molecule has 0 unspecified atom stereocenters. The van der Waals surface area contributed by atoms with Gasteiger partial charge in [0, 0.05) is 10.9 Å². The summed E-state index contributed by atoms with van der Waals surface area (Å²) in [6.07, 6.45) is 0. The smallest absolute Gasteiger partial charge is 0.340 e. The Morgan fingerprint density at radius 3 is 2.57 bits per heavy atom. The summed E-state index contributed by atoms with van der Waals surface area (Å²) in [5.74, 6) is -2.31. The second-order valence-electron chi connectivity index (χ2n) is 2.55. The highest BCUT2D eigenvalue weighted by Crippen LogP contribution is 2.17. The molecule has 14 heavy (non-hydrogen) atoms. The first-order valence-corrected chi connectivity index (χ1v) is 4.84. The van der Waals surface area contributed by atoms with Crippen molar-refractivity contribution >= 4 is 21.9 Å². The van der Waals surface area contributed by atoms with Crippen LogP contribution in [-0.4, -0.2) is 13.1 Å². The van der Waals surface area contributed by atoms with Crippen LogP contribution in [0.5, 0.6) is 0 Å². The van der Waals surface area contributed by atoms with E-state index in [1.165, 1.54) is 0 Å². The first-order valence-electron chi connectivity index (χ1n) is 3.72. The van der Waals surface area contributed by atoms with E-state index >= 15 is 0 Å². The number of rotatable bonds is 2. The van der Waals surface area contributed by atoms with Crippen LogP contribution in [0, 0.1) is 11.6 Å². The number of hydrogen-bond donors (Lipinski definition) is 0. The van der Waals surface area contributed by atoms with Crippen molar-refractivity contribution in [3.8, 4) is 0 Å². The molecular weight excluding hydrogens is 258 g/mol. The number of hydrogen-bond acceptors (Lipinski definition) is 2. The van der Waals surface area contributed by atoms with Crippen molar-refractivity contribution in [1.29, 1.82) is 0 Å². The van der Waals surface area contributed by atoms with Gasteiger partial charge >= 0.3 is 5.97 Å². The number of benzene rings is 1. The van der Waals surface area contributed by atoms with Gasteiger partial charge in [0.25, 0.3) is 0 Å². The Balaban J connectivity index is 3.21. The summed E-state index contributed by atoms with van der Waals surface area (Å²) in [4.78, 5) is 10.9. The van der Waals surface area contributed by atoms with Gasteiger partial charge in [-0.3, -0.25) is 0 Å². The summed E-state index contributed by atoms with van der Waals surface area (Å²) >= 11 is 3.00. The zero-order valence-corrected chi connectivity index (χ0v) is 8.90. The van der Waals surface area contributed by atoms with Crippen molar-refractivity contribution in [3.63, 3.8) is 0 Å². The topological polar surface area (TPSA) is 26.3 Å². The Bertz CT molecular complexity index is 366. The molecule has 0 aromatic heterocycles. The predicted octanol–water partition coefficient (Wildman–Crippen LogP) is 2.65. The number of esters is 1. The Hall–Kier alpha value is -0.970. The third-order valence-corrected chi connectivity index (χ3v) is 2.29. The molecule has 0 saturated heterocycles. The largest absolute Gasteiger partial charge is 0.465 e. The normalized spacial score (nSPS) is 10.0. The highest BCUT2D eigenvalue weighted by atomic mass is 79.9. The third kappa shape index (κ3) is 2.09. The van der Waals surface area contributed by atoms with Gasteiger partial charge in [0.15, 0.2) is 0 Å². The summed E-state index contributed by atoms with van der Waals surface area (Å²) in [7, 11) is 1.11. The summed E-state index contributed by atoms with van der Waals surface area (Å²) in [5, 5.41) is 0.192. The molecule has 0 aliphatic carbocycles. The van der Waals surface area contributed by atoms with Gasteiger partial charge in [-0.25, -0.2) is 13.6 Å². The van der Waals surface area contributed by atoms with Gasteiger partial charge in [0.1, 0.15) is 11.6 Å². The number of ether oxygens (including phenoxy) is 1. The molecule has 2 nitrogen and oxygen atoms in total. The van der Waals surface area contributed by atoms with E-state index in [4.69, 9.17) is 0 Å². The fraction of sp³-hybridized carbons (Fsp3) is 0.222. The quantitative estimate of drug-likeness (QED) is 0.607. The minimum Gasteiger partial charge on any atom is -0.465 e. The number of halogens is 3. The van der Waals surface area contributed by atoms with Crippen molar-refractivity contribution in [2.75, 3.05) is 7.11 Å². The van der Waals surface area contributed by atoms with Crippen molar-refractivity contribution < 1.29 is 18.3 Å². The number of methoxy groups -OCH3 is 1. The summed E-state index contributed by atoms with van der Waals surface area (Å²) in [6, 6.07) is 1.80. The maximum atomic E-state index is 13.2. The van der Waals surface area contributed by atoms with Gasteiger partial charge in [-0.05, 0) is 12.1 Å². The van der Waals surface area contributed by atoms with Crippen LogP contribution in [-0.2, 0) is 10.1 Å². The zero-order chi connectivity index (χ0) is 10.7. The molecule has 1 rings (SSSR count). The van der Waals surface area contributed by atoms with Crippen LogP contribution in [0.2, 0.25) is 0 Å². The van der Waals surface area contributed by atoms with Gasteiger partial charge in [-0.15, -0.1) is 0 Å². The van der Waals surface area contributed by atoms with Gasteiger partial charge in [0.2, 0.25) is 0 Å². The number of carbonyl (C=O) groups is 1. The maximum absolute atomic E-state index is 13.2. The molecule has 0 amide bonds. The lowest BCUT2D eigenvalue weighted by molar-refractivity contribution is 0.0595. The molecular formula is C9H7BrF2O2. The van der Waals surface area contributed by atoms with E-state index in [0.29, 0.717) is 0 Å². The van der Waals surface area contributed by atoms with Gasteiger partial charge in [-0.1, -0.05) is 15.9 Å². The van der Waals surface area contributed by atoms with E-state index in [0.717, 1.165) is 19.2 Å². The average molecular weight is 265 g/mol. The highest BCUT2D eigenvalue weighted by molar-refractivity contribution is 9.08. The molecule has 0 atom stereocenters. The SMILES string of the molecule is COC(=O)c1cc(F)c(CBr)cc1F. The second kappa shape index (κ2) is 4.50. The highest BCUT2D eigenvalue weighted by Gasteiger charge is 2.15. The van der Waals surface area contributed by atoms with E-state index in [9.17, 15) is 13.6 Å².